The maximum atomic E-state index is 12.5. The van der Waals surface area contributed by atoms with E-state index in [9.17, 15) is 8.42 Å². The van der Waals surface area contributed by atoms with Crippen molar-refractivity contribution in [1.29, 1.82) is 0 Å². The van der Waals surface area contributed by atoms with E-state index in [4.69, 9.17) is 16.7 Å². The van der Waals surface area contributed by atoms with Crippen LogP contribution in [0.1, 0.15) is 12.0 Å². The number of nitrogens with zero attached hydrogens (tertiary/aromatic N) is 1. The zero-order valence-electron chi connectivity index (χ0n) is 10.1. The number of aliphatic hydroxyl groups is 1. The molecule has 4 nitrogen and oxygen atoms in total. The minimum absolute atomic E-state index is 0.0283. The Bertz CT molecular complexity index is 544. The normalized spacial score (nSPS) is 21.4. The maximum Gasteiger partial charge on any atom is 0.243 e. The summed E-state index contributed by atoms with van der Waals surface area (Å²) in [4.78, 5) is 0.258. The first-order chi connectivity index (χ1) is 8.46. The summed E-state index contributed by atoms with van der Waals surface area (Å²) in [6, 6.07) is 4.89. The van der Waals surface area contributed by atoms with E-state index >= 15 is 0 Å². The Balaban J connectivity index is 2.35. The van der Waals surface area contributed by atoms with Gasteiger partial charge < -0.3 is 5.11 Å². The quantitative estimate of drug-likeness (QED) is 0.920. The molecule has 0 spiro atoms. The lowest BCUT2D eigenvalue weighted by atomic mass is 10.1. The molecule has 1 heterocycles. The van der Waals surface area contributed by atoms with E-state index in [1.54, 1.807) is 25.1 Å². The van der Waals surface area contributed by atoms with Crippen LogP contribution in [0.25, 0.3) is 0 Å². The third-order valence-corrected chi connectivity index (χ3v) is 5.76. The van der Waals surface area contributed by atoms with Gasteiger partial charge in [0.25, 0.3) is 0 Å². The van der Waals surface area contributed by atoms with Gasteiger partial charge in [0.15, 0.2) is 0 Å². The average Bonchev–Trinajstić information content (AvgIpc) is 2.81. The van der Waals surface area contributed by atoms with E-state index < -0.39 is 10.0 Å². The van der Waals surface area contributed by atoms with Crippen molar-refractivity contribution in [2.45, 2.75) is 18.2 Å². The molecule has 1 saturated heterocycles. The van der Waals surface area contributed by atoms with E-state index in [0.29, 0.717) is 30.1 Å². The molecule has 6 heteroatoms. The smallest absolute Gasteiger partial charge is 0.243 e. The fourth-order valence-electron chi connectivity index (χ4n) is 2.17. The predicted molar refractivity (Wildman–Crippen MR) is 70.1 cm³/mol. The van der Waals surface area contributed by atoms with Crippen LogP contribution in [0.5, 0.6) is 0 Å². The third-order valence-electron chi connectivity index (χ3n) is 3.34. The molecular formula is C12H16ClNO3S. The molecule has 1 unspecified atom stereocenters. The fraction of sp³-hybridized carbons (Fsp3) is 0.500. The molecule has 0 radical (unpaired) electrons. The number of hydrogen-bond donors (Lipinski definition) is 1. The Morgan fingerprint density at radius 2 is 2.22 bits per heavy atom. The second-order valence-corrected chi connectivity index (χ2v) is 6.88. The zero-order valence-corrected chi connectivity index (χ0v) is 11.7. The highest BCUT2D eigenvalue weighted by molar-refractivity contribution is 7.89. The minimum Gasteiger partial charge on any atom is -0.396 e. The van der Waals surface area contributed by atoms with Gasteiger partial charge in [-0.1, -0.05) is 17.7 Å². The Morgan fingerprint density at radius 1 is 1.50 bits per heavy atom. The molecule has 1 aliphatic heterocycles. The van der Waals surface area contributed by atoms with Crippen molar-refractivity contribution < 1.29 is 13.5 Å². The summed E-state index contributed by atoms with van der Waals surface area (Å²) in [5, 5.41) is 9.53. The molecule has 0 saturated carbocycles. The van der Waals surface area contributed by atoms with Crippen LogP contribution in [0, 0.1) is 12.8 Å². The lowest BCUT2D eigenvalue weighted by Crippen LogP contribution is -2.29. The van der Waals surface area contributed by atoms with Gasteiger partial charge in [0, 0.05) is 24.7 Å². The monoisotopic (exact) mass is 289 g/mol. The third kappa shape index (κ3) is 2.40. The Hall–Kier alpha value is -0.620. The standard InChI is InChI=1S/C12H16ClNO3S/c1-9-11(13)3-2-4-12(9)18(16,17)14-6-5-10(7-14)8-15/h2-4,10,15H,5-8H2,1H3. The van der Waals surface area contributed by atoms with Crippen LogP contribution in [0.2, 0.25) is 5.02 Å². The van der Waals surface area contributed by atoms with E-state index in [1.807, 2.05) is 0 Å². The molecule has 0 aromatic heterocycles. The predicted octanol–water partition coefficient (Wildman–Crippen LogP) is 1.65. The topological polar surface area (TPSA) is 57.6 Å². The van der Waals surface area contributed by atoms with E-state index in [1.165, 1.54) is 4.31 Å². The van der Waals surface area contributed by atoms with Crippen molar-refractivity contribution >= 4 is 21.6 Å². The lowest BCUT2D eigenvalue weighted by molar-refractivity contribution is 0.233. The van der Waals surface area contributed by atoms with Gasteiger partial charge in [-0.25, -0.2) is 8.42 Å². The molecule has 0 amide bonds. The molecule has 2 rings (SSSR count). The molecule has 1 fully saturated rings. The average molecular weight is 290 g/mol. The van der Waals surface area contributed by atoms with Gasteiger partial charge in [-0.05, 0) is 37.0 Å². The second kappa shape index (κ2) is 5.17. The number of aliphatic hydroxyl groups excluding tert-OH is 1. The van der Waals surface area contributed by atoms with Crippen LogP contribution in [0.15, 0.2) is 23.1 Å². The number of halogens is 1. The van der Waals surface area contributed by atoms with Crippen LogP contribution in [0.3, 0.4) is 0 Å². The number of benzene rings is 1. The van der Waals surface area contributed by atoms with Crippen molar-refractivity contribution in [3.05, 3.63) is 28.8 Å². The lowest BCUT2D eigenvalue weighted by Gasteiger charge is -2.18. The molecule has 100 valence electrons. The molecule has 1 aromatic rings. The first-order valence-electron chi connectivity index (χ1n) is 5.83. The van der Waals surface area contributed by atoms with Gasteiger partial charge in [0.05, 0.1) is 4.90 Å². The first-order valence-corrected chi connectivity index (χ1v) is 7.64. The van der Waals surface area contributed by atoms with Gasteiger partial charge in [-0.15, -0.1) is 0 Å². The summed E-state index contributed by atoms with van der Waals surface area (Å²) in [5.41, 5.74) is 0.576. The van der Waals surface area contributed by atoms with Gasteiger partial charge in [0.2, 0.25) is 10.0 Å². The Labute approximate surface area is 112 Å². The van der Waals surface area contributed by atoms with Gasteiger partial charge >= 0.3 is 0 Å². The summed E-state index contributed by atoms with van der Waals surface area (Å²) in [6.07, 6.45) is 0.704. The maximum absolute atomic E-state index is 12.5. The number of rotatable bonds is 3. The fourth-order valence-corrected chi connectivity index (χ4v) is 4.18. The summed E-state index contributed by atoms with van der Waals surface area (Å²) >= 11 is 5.96. The van der Waals surface area contributed by atoms with Crippen LogP contribution >= 0.6 is 11.6 Å². The molecule has 1 N–H and O–H groups in total. The van der Waals surface area contributed by atoms with Crippen molar-refractivity contribution in [1.82, 2.24) is 4.31 Å². The number of sulfonamides is 1. The number of hydrogen-bond acceptors (Lipinski definition) is 3. The molecule has 0 bridgehead atoms. The highest BCUT2D eigenvalue weighted by Gasteiger charge is 2.33. The van der Waals surface area contributed by atoms with Gasteiger partial charge in [-0.2, -0.15) is 4.31 Å². The summed E-state index contributed by atoms with van der Waals surface area (Å²) < 4.78 is 26.3. The van der Waals surface area contributed by atoms with Crippen molar-refractivity contribution in [2.75, 3.05) is 19.7 Å². The minimum atomic E-state index is -3.50. The molecule has 0 aliphatic carbocycles. The Kier molecular flexibility index (Phi) is 3.96. The Morgan fingerprint density at radius 3 is 2.83 bits per heavy atom. The highest BCUT2D eigenvalue weighted by Crippen LogP contribution is 2.28. The van der Waals surface area contributed by atoms with Crippen LogP contribution in [-0.2, 0) is 10.0 Å². The van der Waals surface area contributed by atoms with Crippen molar-refractivity contribution in [3.63, 3.8) is 0 Å². The van der Waals surface area contributed by atoms with Gasteiger partial charge in [-0.3, -0.25) is 0 Å². The zero-order chi connectivity index (χ0) is 13.3. The first kappa shape index (κ1) is 13.8. The molecule has 18 heavy (non-hydrogen) atoms. The summed E-state index contributed by atoms with van der Waals surface area (Å²) in [6.45, 7) is 2.57. The van der Waals surface area contributed by atoms with Gasteiger partial charge in [0.1, 0.15) is 0 Å². The van der Waals surface area contributed by atoms with Crippen molar-refractivity contribution in [2.24, 2.45) is 5.92 Å². The molecule has 1 aliphatic rings. The largest absolute Gasteiger partial charge is 0.396 e. The van der Waals surface area contributed by atoms with Crippen molar-refractivity contribution in [3.8, 4) is 0 Å². The van der Waals surface area contributed by atoms with Crippen LogP contribution < -0.4 is 0 Å². The molecular weight excluding hydrogens is 274 g/mol. The second-order valence-electron chi connectivity index (χ2n) is 4.56. The summed E-state index contributed by atoms with van der Waals surface area (Å²) in [7, 11) is -3.50. The molecule has 1 atom stereocenters. The van der Waals surface area contributed by atoms with Crippen LogP contribution in [0.4, 0.5) is 0 Å². The van der Waals surface area contributed by atoms with E-state index in [-0.39, 0.29) is 17.4 Å². The molecule has 1 aromatic carbocycles. The van der Waals surface area contributed by atoms with Crippen LogP contribution in [-0.4, -0.2) is 37.5 Å². The highest BCUT2D eigenvalue weighted by atomic mass is 35.5. The summed E-state index contributed by atoms with van der Waals surface area (Å²) in [5.74, 6) is 0.0410. The SMILES string of the molecule is Cc1c(Cl)cccc1S(=O)(=O)N1CCC(CO)C1. The van der Waals surface area contributed by atoms with E-state index in [0.717, 1.165) is 0 Å². The van der Waals surface area contributed by atoms with E-state index in [2.05, 4.69) is 0 Å².